The number of rotatable bonds is 1. The van der Waals surface area contributed by atoms with Gasteiger partial charge in [0.15, 0.2) is 0 Å². The van der Waals surface area contributed by atoms with Crippen LogP contribution in [0.3, 0.4) is 0 Å². The summed E-state index contributed by atoms with van der Waals surface area (Å²) in [4.78, 5) is 0. The number of hydrogen-bond acceptors (Lipinski definition) is 1. The highest BCUT2D eigenvalue weighted by molar-refractivity contribution is 5.44. The van der Waals surface area contributed by atoms with Crippen LogP contribution in [0.15, 0.2) is 30.5 Å². The van der Waals surface area contributed by atoms with Gasteiger partial charge in [0.25, 0.3) is 0 Å². The Labute approximate surface area is 70.8 Å². The van der Waals surface area contributed by atoms with Gasteiger partial charge in [0, 0.05) is 17.6 Å². The van der Waals surface area contributed by atoms with Gasteiger partial charge in [-0.2, -0.15) is 0 Å². The number of hydrogen-bond donors (Lipinski definition) is 2. The van der Waals surface area contributed by atoms with E-state index in [9.17, 15) is 0 Å². The maximum absolute atomic E-state index is 5.56. The highest BCUT2D eigenvalue weighted by atomic mass is 15.3. The molecule has 0 unspecified atom stereocenters. The zero-order chi connectivity index (χ0) is 8.55. The third-order valence-corrected chi connectivity index (χ3v) is 1.79. The minimum absolute atomic E-state index is 0.792. The van der Waals surface area contributed by atoms with E-state index >= 15 is 0 Å². The quantitative estimate of drug-likeness (QED) is 0.614. The third-order valence-electron chi connectivity index (χ3n) is 1.79. The molecule has 1 aromatic carbocycles. The summed E-state index contributed by atoms with van der Waals surface area (Å²) in [6, 6.07) is 7.73. The highest BCUT2D eigenvalue weighted by Crippen LogP contribution is 2.11. The lowest BCUT2D eigenvalue weighted by atomic mass is 10.3. The molecule has 62 valence electrons. The molecule has 3 nitrogen and oxygen atoms in total. The molecule has 0 saturated carbocycles. The summed E-state index contributed by atoms with van der Waals surface area (Å²) in [5.74, 6) is 0. The average molecular weight is 161 g/mol. The van der Waals surface area contributed by atoms with Crippen molar-refractivity contribution >= 4 is 5.69 Å². The van der Waals surface area contributed by atoms with Gasteiger partial charge in [0.2, 0.25) is 0 Å². The Balaban J connectivity index is 2.33. The Kier molecular flexibility index (Phi) is 1.43. The van der Waals surface area contributed by atoms with Gasteiger partial charge >= 0.3 is 0 Å². The molecule has 2 rings (SSSR count). The van der Waals surface area contributed by atoms with Crippen molar-refractivity contribution in [3.05, 3.63) is 36.2 Å². The summed E-state index contributed by atoms with van der Waals surface area (Å²) >= 11 is 0. The zero-order valence-electron chi connectivity index (χ0n) is 6.91. The molecule has 0 atom stereocenters. The first-order valence-corrected chi connectivity index (χ1v) is 3.85. The second-order valence-electron chi connectivity index (χ2n) is 2.89. The molecule has 0 spiro atoms. The minimum atomic E-state index is 0.792. The maximum Gasteiger partial charge on any atom is 0.0625 e. The predicted octanol–water partition coefficient (Wildman–Crippen LogP) is 1.70. The van der Waals surface area contributed by atoms with Crippen molar-refractivity contribution in [2.75, 3.05) is 5.73 Å². The van der Waals surface area contributed by atoms with Crippen molar-refractivity contribution < 1.29 is 0 Å². The Bertz CT molecular complexity index is 355. The number of aromatic amines is 1. The Morgan fingerprint density at radius 1 is 1.25 bits per heavy atom. The summed E-state index contributed by atoms with van der Waals surface area (Å²) in [6.07, 6.45) is 2.03. The second kappa shape index (κ2) is 2.44. The number of nitrogens with one attached hydrogen (secondary N) is 1. The SMILES string of the molecule is Cc1cn(-c2ccc(N)cc2)[nH]1. The first-order valence-electron chi connectivity index (χ1n) is 3.85. The molecule has 0 radical (unpaired) electrons. The normalized spacial score (nSPS) is 10.4. The topological polar surface area (TPSA) is 46.7 Å². The molecule has 1 aromatic heterocycles. The maximum atomic E-state index is 5.56. The number of anilines is 1. The molecule has 3 heteroatoms. The van der Waals surface area contributed by atoms with Gasteiger partial charge < -0.3 is 5.73 Å². The van der Waals surface area contributed by atoms with E-state index in [4.69, 9.17) is 5.73 Å². The van der Waals surface area contributed by atoms with Gasteiger partial charge in [0.1, 0.15) is 0 Å². The van der Waals surface area contributed by atoms with E-state index in [1.54, 1.807) is 0 Å². The van der Waals surface area contributed by atoms with E-state index in [1.807, 2.05) is 42.1 Å². The number of nitrogens with two attached hydrogens (primary N) is 1. The van der Waals surface area contributed by atoms with Crippen molar-refractivity contribution in [3.63, 3.8) is 0 Å². The van der Waals surface area contributed by atoms with Crippen LogP contribution < -0.4 is 5.73 Å². The Hall–Kier alpha value is -1.64. The van der Waals surface area contributed by atoms with E-state index in [-0.39, 0.29) is 0 Å². The molecule has 0 aliphatic heterocycles. The van der Waals surface area contributed by atoms with Crippen LogP contribution in [0.4, 0.5) is 5.69 Å². The van der Waals surface area contributed by atoms with E-state index in [2.05, 4.69) is 5.10 Å². The van der Waals surface area contributed by atoms with Crippen LogP contribution in [0.2, 0.25) is 0 Å². The lowest BCUT2D eigenvalue weighted by Crippen LogP contribution is -2.07. The molecule has 2 aromatic rings. The number of aromatic nitrogens is 2. The van der Waals surface area contributed by atoms with Gasteiger partial charge in [-0.1, -0.05) is 0 Å². The molecule has 1 heterocycles. The molecule has 0 amide bonds. The monoisotopic (exact) mass is 161 g/mol. The van der Waals surface area contributed by atoms with Gasteiger partial charge in [-0.25, -0.2) is 0 Å². The van der Waals surface area contributed by atoms with Crippen LogP contribution in [-0.2, 0) is 0 Å². The number of nitrogen functional groups attached to an aromatic ring is 1. The van der Waals surface area contributed by atoms with Crippen molar-refractivity contribution in [1.29, 1.82) is 0 Å². The number of benzene rings is 1. The first kappa shape index (κ1) is 7.03. The van der Waals surface area contributed by atoms with Crippen molar-refractivity contribution in [1.82, 2.24) is 9.78 Å². The van der Waals surface area contributed by atoms with Crippen LogP contribution >= 0.6 is 0 Å². The van der Waals surface area contributed by atoms with E-state index in [0.29, 0.717) is 0 Å². The lowest BCUT2D eigenvalue weighted by molar-refractivity contribution is 0.750. The van der Waals surface area contributed by atoms with E-state index in [0.717, 1.165) is 11.4 Å². The van der Waals surface area contributed by atoms with E-state index in [1.165, 1.54) is 5.69 Å². The summed E-state index contributed by atoms with van der Waals surface area (Å²) in [5, 5.41) is 3.13. The second-order valence-corrected chi connectivity index (χ2v) is 2.89. The van der Waals surface area contributed by atoms with Crippen molar-refractivity contribution in [3.8, 4) is 5.69 Å². The Morgan fingerprint density at radius 2 is 1.83 bits per heavy atom. The fourth-order valence-corrected chi connectivity index (χ4v) is 1.15. The number of aryl methyl sites for hydroxylation is 1. The third kappa shape index (κ3) is 1.09. The van der Waals surface area contributed by atoms with Crippen LogP contribution in [0.1, 0.15) is 5.69 Å². The van der Waals surface area contributed by atoms with Crippen LogP contribution in [0, 0.1) is 6.92 Å². The van der Waals surface area contributed by atoms with Gasteiger partial charge in [-0.15, -0.1) is 0 Å². The highest BCUT2D eigenvalue weighted by Gasteiger charge is 1.97. The fraction of sp³-hybridized carbons (Fsp3) is 0.111. The van der Waals surface area contributed by atoms with Crippen LogP contribution in [0.25, 0.3) is 5.69 Å². The molecule has 12 heavy (non-hydrogen) atoms. The van der Waals surface area contributed by atoms with E-state index < -0.39 is 0 Å². The van der Waals surface area contributed by atoms with Crippen molar-refractivity contribution in [2.45, 2.75) is 6.92 Å². The molecule has 0 saturated heterocycles. The molecular formula is C9H11N3. The summed E-state index contributed by atoms with van der Waals surface area (Å²) in [6.45, 7) is 2.02. The number of nitrogens with zero attached hydrogens (tertiary/aromatic N) is 1. The number of H-pyrrole nitrogens is 1. The smallest absolute Gasteiger partial charge is 0.0625 e. The molecule has 0 aliphatic rings. The van der Waals surface area contributed by atoms with Crippen LogP contribution in [0.5, 0.6) is 0 Å². The lowest BCUT2D eigenvalue weighted by Gasteiger charge is -2.12. The molecule has 0 aliphatic carbocycles. The first-order chi connectivity index (χ1) is 5.75. The van der Waals surface area contributed by atoms with Gasteiger partial charge in [-0.05, 0) is 31.2 Å². The zero-order valence-corrected chi connectivity index (χ0v) is 6.91. The van der Waals surface area contributed by atoms with Crippen LogP contribution in [-0.4, -0.2) is 9.78 Å². The summed E-state index contributed by atoms with van der Waals surface area (Å²) < 4.78 is 1.95. The van der Waals surface area contributed by atoms with Gasteiger partial charge in [-0.3, -0.25) is 9.78 Å². The van der Waals surface area contributed by atoms with Gasteiger partial charge in [0.05, 0.1) is 5.69 Å². The average Bonchev–Trinajstić information content (AvgIpc) is 2.01. The molecule has 3 N–H and O–H groups in total. The molecule has 0 bridgehead atoms. The predicted molar refractivity (Wildman–Crippen MR) is 49.3 cm³/mol. The fourth-order valence-electron chi connectivity index (χ4n) is 1.15. The minimum Gasteiger partial charge on any atom is -0.399 e. The van der Waals surface area contributed by atoms with Crippen molar-refractivity contribution in [2.24, 2.45) is 0 Å². The summed E-state index contributed by atoms with van der Waals surface area (Å²) in [5.41, 5.74) is 8.63. The molecule has 0 fully saturated rings. The largest absolute Gasteiger partial charge is 0.399 e. The standard InChI is InChI=1S/C9H11N3/c1-7-6-12(11-7)9-4-2-8(10)3-5-9/h2-6,11H,10H2,1H3. The Morgan fingerprint density at radius 3 is 2.33 bits per heavy atom. The molecular weight excluding hydrogens is 150 g/mol. The summed E-state index contributed by atoms with van der Waals surface area (Å²) in [7, 11) is 0.